The molecule has 4 nitrogen and oxygen atoms in total. The first-order valence-electron chi connectivity index (χ1n) is 7.79. The lowest BCUT2D eigenvalue weighted by Gasteiger charge is -2.08. The van der Waals surface area contributed by atoms with Crippen LogP contribution < -0.4 is 0 Å². The van der Waals surface area contributed by atoms with Gasteiger partial charge in [0.1, 0.15) is 13.8 Å². The molecule has 0 fully saturated rings. The largest absolute Gasteiger partial charge is 0.260 e. The van der Waals surface area contributed by atoms with Crippen molar-refractivity contribution in [1.29, 1.82) is 0 Å². The smallest absolute Gasteiger partial charge is 0.180 e. The summed E-state index contributed by atoms with van der Waals surface area (Å²) in [6.07, 6.45) is 3.31. The van der Waals surface area contributed by atoms with Crippen LogP contribution in [0.5, 0.6) is 0 Å². The van der Waals surface area contributed by atoms with Crippen molar-refractivity contribution in [3.05, 3.63) is 42.4 Å². The molecule has 0 N–H and O–H groups in total. The third-order valence-electron chi connectivity index (χ3n) is 3.30. The van der Waals surface area contributed by atoms with Crippen LogP contribution in [0.25, 0.3) is 11.3 Å². The summed E-state index contributed by atoms with van der Waals surface area (Å²) >= 11 is 0. The number of aromatic nitrogens is 2. The van der Waals surface area contributed by atoms with E-state index in [4.69, 9.17) is 0 Å². The first kappa shape index (κ1) is 18.4. The highest BCUT2D eigenvalue weighted by Gasteiger charge is 2.18. The highest BCUT2D eigenvalue weighted by Crippen LogP contribution is 2.21. The molecule has 0 amide bonds. The maximum Gasteiger partial charge on any atom is 0.180 e. The molecule has 0 atom stereocenters. The Bertz CT molecular complexity index is 887. The number of hydrogen-bond donors (Lipinski definition) is 0. The fourth-order valence-corrected chi connectivity index (χ4v) is 3.47. The quantitative estimate of drug-likeness (QED) is 0.622. The second kappa shape index (κ2) is 6.87. The minimum atomic E-state index is -3.26. The van der Waals surface area contributed by atoms with Crippen molar-refractivity contribution in [2.75, 3.05) is 0 Å². The normalized spacial score (nSPS) is 11.9. The molecule has 24 heavy (non-hydrogen) atoms. The topological polar surface area (TPSA) is 59.9 Å². The lowest BCUT2D eigenvalue weighted by Crippen LogP contribution is -2.16. The molecule has 0 spiro atoms. The predicted octanol–water partition coefficient (Wildman–Crippen LogP) is 3.55. The summed E-state index contributed by atoms with van der Waals surface area (Å²) in [7, 11) is -4.73. The summed E-state index contributed by atoms with van der Waals surface area (Å²) < 4.78 is 24.3. The Morgan fingerprint density at radius 3 is 2.21 bits per heavy atom. The molecule has 0 saturated heterocycles. The Morgan fingerprint density at radius 1 is 1.04 bits per heavy atom. The summed E-state index contributed by atoms with van der Waals surface area (Å²) in [5, 5.41) is -0.441. The van der Waals surface area contributed by atoms with Gasteiger partial charge in [-0.15, -0.1) is 5.54 Å². The molecule has 126 valence electrons. The molecule has 0 radical (unpaired) electrons. The van der Waals surface area contributed by atoms with Crippen LogP contribution >= 0.6 is 0 Å². The fourth-order valence-electron chi connectivity index (χ4n) is 1.90. The molecule has 0 aliphatic rings. The standard InChI is InChI=1S/C18H22N2O2SSi/c1-14(2)23(21,22)17-8-6-15(7-9-17)18-13-19-12-16(20-18)10-11-24(3,4)5/h6-9,12-14H,1-5H3. The predicted molar refractivity (Wildman–Crippen MR) is 100 cm³/mol. The van der Waals surface area contributed by atoms with Crippen LogP contribution in [0, 0.1) is 11.5 Å². The van der Waals surface area contributed by atoms with Crippen LogP contribution in [0.1, 0.15) is 19.5 Å². The third kappa shape index (κ3) is 4.53. The highest BCUT2D eigenvalue weighted by molar-refractivity contribution is 7.92. The van der Waals surface area contributed by atoms with Gasteiger partial charge in [0, 0.05) is 5.56 Å². The van der Waals surface area contributed by atoms with Crippen LogP contribution in [0.2, 0.25) is 19.6 Å². The SMILES string of the molecule is CC(C)S(=O)(=O)c1ccc(-c2cncc(C#C[Si](C)(C)C)n2)cc1. The van der Waals surface area contributed by atoms with Gasteiger partial charge in [0.15, 0.2) is 9.84 Å². The van der Waals surface area contributed by atoms with Crippen molar-refractivity contribution in [3.63, 3.8) is 0 Å². The third-order valence-corrected chi connectivity index (χ3v) is 6.34. The molecule has 0 aliphatic heterocycles. The summed E-state index contributed by atoms with van der Waals surface area (Å²) in [5.41, 5.74) is 5.41. The van der Waals surface area contributed by atoms with E-state index in [1.807, 2.05) is 0 Å². The summed E-state index contributed by atoms with van der Waals surface area (Å²) in [6.45, 7) is 9.87. The van der Waals surface area contributed by atoms with Gasteiger partial charge in [0.2, 0.25) is 0 Å². The lowest BCUT2D eigenvalue weighted by molar-refractivity contribution is 0.587. The lowest BCUT2D eigenvalue weighted by atomic mass is 10.1. The van der Waals surface area contributed by atoms with Crippen molar-refractivity contribution in [3.8, 4) is 22.7 Å². The molecule has 0 aliphatic carbocycles. The van der Waals surface area contributed by atoms with Crippen LogP contribution in [-0.4, -0.2) is 31.7 Å². The molecule has 2 rings (SSSR count). The summed E-state index contributed by atoms with van der Waals surface area (Å²) in [4.78, 5) is 9.03. The molecular weight excluding hydrogens is 336 g/mol. The van der Waals surface area contributed by atoms with Gasteiger partial charge in [-0.1, -0.05) is 37.7 Å². The van der Waals surface area contributed by atoms with E-state index in [0.29, 0.717) is 16.3 Å². The zero-order valence-corrected chi connectivity index (χ0v) is 16.5. The van der Waals surface area contributed by atoms with E-state index in [0.717, 1.165) is 5.56 Å². The monoisotopic (exact) mass is 358 g/mol. The van der Waals surface area contributed by atoms with E-state index >= 15 is 0 Å². The van der Waals surface area contributed by atoms with Gasteiger partial charge in [-0.3, -0.25) is 4.98 Å². The van der Waals surface area contributed by atoms with Gasteiger partial charge in [-0.05, 0) is 26.0 Å². The van der Waals surface area contributed by atoms with Gasteiger partial charge in [-0.25, -0.2) is 13.4 Å². The molecule has 0 unspecified atom stereocenters. The average molecular weight is 359 g/mol. The zero-order chi connectivity index (χ0) is 18.0. The van der Waals surface area contributed by atoms with Gasteiger partial charge in [-0.2, -0.15) is 0 Å². The highest BCUT2D eigenvalue weighted by atomic mass is 32.2. The van der Waals surface area contributed by atoms with Crippen LogP contribution in [0.3, 0.4) is 0 Å². The van der Waals surface area contributed by atoms with Crippen molar-refractivity contribution < 1.29 is 8.42 Å². The van der Waals surface area contributed by atoms with Gasteiger partial charge >= 0.3 is 0 Å². The van der Waals surface area contributed by atoms with Crippen molar-refractivity contribution in [2.45, 2.75) is 43.6 Å². The van der Waals surface area contributed by atoms with Crippen molar-refractivity contribution in [1.82, 2.24) is 9.97 Å². The summed E-state index contributed by atoms with van der Waals surface area (Å²) in [5.74, 6) is 3.09. The van der Waals surface area contributed by atoms with Gasteiger partial charge < -0.3 is 0 Å². The van der Waals surface area contributed by atoms with Crippen LogP contribution in [0.15, 0.2) is 41.6 Å². The maximum absolute atomic E-state index is 12.2. The molecule has 6 heteroatoms. The summed E-state index contributed by atoms with van der Waals surface area (Å²) in [6, 6.07) is 6.75. The minimum absolute atomic E-state index is 0.323. The van der Waals surface area contributed by atoms with Gasteiger partial charge in [0.05, 0.1) is 28.2 Å². The van der Waals surface area contributed by atoms with Crippen LogP contribution in [-0.2, 0) is 9.84 Å². The van der Waals surface area contributed by atoms with E-state index < -0.39 is 23.2 Å². The minimum Gasteiger partial charge on any atom is -0.260 e. The second-order valence-corrected chi connectivity index (χ2v) is 14.2. The maximum atomic E-state index is 12.2. The Hall–Kier alpha value is -1.97. The fraction of sp³-hybridized carbons (Fsp3) is 0.333. The first-order valence-corrected chi connectivity index (χ1v) is 12.8. The van der Waals surface area contributed by atoms with E-state index in [-0.39, 0.29) is 0 Å². The number of nitrogens with zero attached hydrogens (tertiary/aromatic N) is 2. The van der Waals surface area contributed by atoms with E-state index in [9.17, 15) is 8.42 Å². The van der Waals surface area contributed by atoms with E-state index in [1.165, 1.54) is 0 Å². The average Bonchev–Trinajstić information content (AvgIpc) is 2.52. The van der Waals surface area contributed by atoms with Gasteiger partial charge in [0.25, 0.3) is 0 Å². The Balaban J connectivity index is 2.35. The number of hydrogen-bond acceptors (Lipinski definition) is 4. The van der Waals surface area contributed by atoms with Crippen LogP contribution in [0.4, 0.5) is 0 Å². The molecule has 1 aromatic carbocycles. The molecular formula is C18H22N2O2SSi. The Kier molecular flexibility index (Phi) is 5.26. The number of rotatable bonds is 3. The van der Waals surface area contributed by atoms with E-state index in [1.54, 1.807) is 50.5 Å². The van der Waals surface area contributed by atoms with E-state index in [2.05, 4.69) is 41.1 Å². The first-order chi connectivity index (χ1) is 11.1. The van der Waals surface area contributed by atoms with Crippen molar-refractivity contribution >= 4 is 17.9 Å². The van der Waals surface area contributed by atoms with Crippen molar-refractivity contribution in [2.24, 2.45) is 0 Å². The number of benzene rings is 1. The molecule has 1 aromatic heterocycles. The zero-order valence-electron chi connectivity index (χ0n) is 14.7. The number of sulfone groups is 1. The second-order valence-electron chi connectivity index (χ2n) is 6.91. The molecule has 1 heterocycles. The molecule has 0 bridgehead atoms. The Labute approximate surface area is 145 Å². The Morgan fingerprint density at radius 2 is 1.67 bits per heavy atom. The molecule has 2 aromatic rings. The molecule has 0 saturated carbocycles.